The number of aliphatic carboxylic acids is 1. The van der Waals surface area contributed by atoms with E-state index in [0.717, 1.165) is 18.6 Å². The van der Waals surface area contributed by atoms with Gasteiger partial charge in [-0.1, -0.05) is 6.07 Å². The molecular weight excluding hydrogens is 294 g/mol. The van der Waals surface area contributed by atoms with Crippen molar-refractivity contribution < 1.29 is 19.4 Å². The third-order valence-electron chi connectivity index (χ3n) is 4.96. The smallest absolute Gasteiger partial charge is 0.311 e. The summed E-state index contributed by atoms with van der Waals surface area (Å²) in [4.78, 5) is 25.6. The van der Waals surface area contributed by atoms with Gasteiger partial charge >= 0.3 is 5.97 Å². The molecule has 0 bridgehead atoms. The number of nitrogens with zero attached hydrogens (tertiary/aromatic N) is 1. The minimum absolute atomic E-state index is 0.119. The molecule has 1 saturated heterocycles. The quantitative estimate of drug-likeness (QED) is 0.927. The minimum Gasteiger partial charge on any atom is -0.490 e. The van der Waals surface area contributed by atoms with E-state index in [1.807, 2.05) is 12.1 Å². The maximum Gasteiger partial charge on any atom is 0.311 e. The van der Waals surface area contributed by atoms with Gasteiger partial charge in [-0.3, -0.25) is 9.59 Å². The third kappa shape index (κ3) is 3.33. The fraction of sp³-hybridized carbons (Fsp3) is 0.556. The number of benzene rings is 1. The number of amides is 1. The van der Waals surface area contributed by atoms with Crippen molar-refractivity contribution in [3.8, 4) is 5.75 Å². The molecule has 5 heteroatoms. The van der Waals surface area contributed by atoms with Gasteiger partial charge in [-0.2, -0.15) is 0 Å². The van der Waals surface area contributed by atoms with Crippen molar-refractivity contribution in [1.29, 1.82) is 0 Å². The molecule has 1 N–H and O–H groups in total. The molecule has 0 radical (unpaired) electrons. The van der Waals surface area contributed by atoms with Crippen LogP contribution < -0.4 is 4.74 Å². The summed E-state index contributed by atoms with van der Waals surface area (Å²) in [7, 11) is 0. The maximum absolute atomic E-state index is 12.6. The van der Waals surface area contributed by atoms with Crippen LogP contribution in [-0.2, 0) is 4.79 Å². The average Bonchev–Trinajstić information content (AvgIpc) is 3.17. The Morgan fingerprint density at radius 2 is 2.04 bits per heavy atom. The second-order valence-electron chi connectivity index (χ2n) is 6.89. The van der Waals surface area contributed by atoms with Crippen molar-refractivity contribution in [1.82, 2.24) is 4.90 Å². The van der Waals surface area contributed by atoms with Crippen molar-refractivity contribution in [3.63, 3.8) is 0 Å². The molecule has 0 aromatic heterocycles. The van der Waals surface area contributed by atoms with Crippen LogP contribution in [0.3, 0.4) is 0 Å². The fourth-order valence-electron chi connectivity index (χ4n) is 3.39. The topological polar surface area (TPSA) is 66.8 Å². The van der Waals surface area contributed by atoms with Crippen molar-refractivity contribution in [2.45, 2.75) is 45.1 Å². The van der Waals surface area contributed by atoms with Crippen molar-refractivity contribution in [2.24, 2.45) is 5.41 Å². The molecule has 0 spiro atoms. The summed E-state index contributed by atoms with van der Waals surface area (Å²) in [6.07, 6.45) is 5.28. The van der Waals surface area contributed by atoms with E-state index in [-0.39, 0.29) is 18.6 Å². The first-order valence-electron chi connectivity index (χ1n) is 8.27. The number of carbonyl (C=O) groups excluding carboxylic acids is 1. The number of hydrogen-bond acceptors (Lipinski definition) is 3. The summed E-state index contributed by atoms with van der Waals surface area (Å²) in [5.74, 6) is -0.235. The number of hydrogen-bond donors (Lipinski definition) is 1. The molecule has 1 aromatic carbocycles. The standard InChI is InChI=1S/C18H23NO4/c1-18(17(21)22)9-10-19(12-18)16(20)13-5-4-8-15(11-13)23-14-6-2-3-7-14/h4-5,8,11,14H,2-3,6-7,9-10,12H2,1H3,(H,21,22). The van der Waals surface area contributed by atoms with Gasteiger partial charge in [0.1, 0.15) is 5.75 Å². The van der Waals surface area contributed by atoms with Gasteiger partial charge in [0, 0.05) is 18.7 Å². The number of carbonyl (C=O) groups is 2. The summed E-state index contributed by atoms with van der Waals surface area (Å²) in [6.45, 7) is 2.44. The first kappa shape index (κ1) is 15.8. The second-order valence-corrected chi connectivity index (χ2v) is 6.89. The molecule has 5 nitrogen and oxygen atoms in total. The summed E-state index contributed by atoms with van der Waals surface area (Å²) >= 11 is 0. The monoisotopic (exact) mass is 317 g/mol. The van der Waals surface area contributed by atoms with Crippen LogP contribution in [0.5, 0.6) is 5.75 Å². The SMILES string of the molecule is CC1(C(=O)O)CCN(C(=O)c2cccc(OC3CCCC3)c2)C1. The van der Waals surface area contributed by atoms with E-state index in [9.17, 15) is 14.7 Å². The lowest BCUT2D eigenvalue weighted by molar-refractivity contribution is -0.147. The predicted octanol–water partition coefficient (Wildman–Crippen LogP) is 2.94. The molecule has 2 aliphatic rings. The summed E-state index contributed by atoms with van der Waals surface area (Å²) in [5.41, 5.74) is -0.275. The van der Waals surface area contributed by atoms with E-state index in [2.05, 4.69) is 0 Å². The number of rotatable bonds is 4. The van der Waals surface area contributed by atoms with Crippen LogP contribution in [0.4, 0.5) is 0 Å². The van der Waals surface area contributed by atoms with Crippen LogP contribution in [-0.4, -0.2) is 41.1 Å². The lowest BCUT2D eigenvalue weighted by Gasteiger charge is -2.20. The summed E-state index contributed by atoms with van der Waals surface area (Å²) < 4.78 is 5.94. The van der Waals surface area contributed by atoms with Crippen LogP contribution in [0.1, 0.15) is 49.4 Å². The van der Waals surface area contributed by atoms with Crippen LogP contribution in [0.2, 0.25) is 0 Å². The molecule has 1 atom stereocenters. The molecule has 2 fully saturated rings. The number of carboxylic acid groups (broad SMARTS) is 1. The Hall–Kier alpha value is -2.04. The molecule has 124 valence electrons. The molecule has 1 aromatic rings. The van der Waals surface area contributed by atoms with Crippen LogP contribution in [0.15, 0.2) is 24.3 Å². The molecular formula is C18H23NO4. The van der Waals surface area contributed by atoms with E-state index in [4.69, 9.17) is 4.74 Å². The molecule has 3 rings (SSSR count). The van der Waals surface area contributed by atoms with Gasteiger partial charge in [0.2, 0.25) is 0 Å². The van der Waals surface area contributed by atoms with Crippen LogP contribution in [0.25, 0.3) is 0 Å². The molecule has 1 aliphatic heterocycles. The Bertz CT molecular complexity index is 609. The molecule has 23 heavy (non-hydrogen) atoms. The largest absolute Gasteiger partial charge is 0.490 e. The highest BCUT2D eigenvalue weighted by atomic mass is 16.5. The first-order chi connectivity index (χ1) is 11.0. The molecule has 1 heterocycles. The zero-order chi connectivity index (χ0) is 16.4. The highest BCUT2D eigenvalue weighted by Gasteiger charge is 2.42. The van der Waals surface area contributed by atoms with E-state index < -0.39 is 11.4 Å². The van der Waals surface area contributed by atoms with Gasteiger partial charge in [-0.25, -0.2) is 0 Å². The average molecular weight is 317 g/mol. The Kier molecular flexibility index (Phi) is 4.28. The molecule has 1 unspecified atom stereocenters. The van der Waals surface area contributed by atoms with E-state index in [1.54, 1.807) is 24.0 Å². The zero-order valence-electron chi connectivity index (χ0n) is 13.5. The number of carboxylic acids is 1. The van der Waals surface area contributed by atoms with Gasteiger partial charge in [-0.15, -0.1) is 0 Å². The Morgan fingerprint density at radius 1 is 1.30 bits per heavy atom. The lowest BCUT2D eigenvalue weighted by Crippen LogP contribution is -2.34. The van der Waals surface area contributed by atoms with Gasteiger partial charge in [-0.05, 0) is 57.2 Å². The predicted molar refractivity (Wildman–Crippen MR) is 85.6 cm³/mol. The van der Waals surface area contributed by atoms with E-state index >= 15 is 0 Å². The summed E-state index contributed by atoms with van der Waals surface area (Å²) in [5, 5.41) is 9.29. The first-order valence-corrected chi connectivity index (χ1v) is 8.27. The normalized spacial score (nSPS) is 24.8. The second kappa shape index (κ2) is 6.22. The van der Waals surface area contributed by atoms with E-state index in [0.29, 0.717) is 18.5 Å². The highest BCUT2D eigenvalue weighted by Crippen LogP contribution is 2.31. The van der Waals surface area contributed by atoms with Gasteiger partial charge in [0.15, 0.2) is 0 Å². The van der Waals surface area contributed by atoms with Gasteiger partial charge in [0.25, 0.3) is 5.91 Å². The minimum atomic E-state index is -0.842. The maximum atomic E-state index is 12.6. The van der Waals surface area contributed by atoms with Gasteiger partial charge in [0.05, 0.1) is 11.5 Å². The van der Waals surface area contributed by atoms with E-state index in [1.165, 1.54) is 12.8 Å². The van der Waals surface area contributed by atoms with Crippen molar-refractivity contribution >= 4 is 11.9 Å². The van der Waals surface area contributed by atoms with Crippen molar-refractivity contribution in [3.05, 3.63) is 29.8 Å². The lowest BCUT2D eigenvalue weighted by atomic mass is 9.90. The number of ether oxygens (including phenoxy) is 1. The zero-order valence-corrected chi connectivity index (χ0v) is 13.5. The third-order valence-corrected chi connectivity index (χ3v) is 4.96. The van der Waals surface area contributed by atoms with Crippen molar-refractivity contribution in [2.75, 3.05) is 13.1 Å². The molecule has 1 amide bonds. The molecule has 1 aliphatic carbocycles. The Balaban J connectivity index is 1.69. The van der Waals surface area contributed by atoms with Crippen LogP contribution in [0, 0.1) is 5.41 Å². The molecule has 1 saturated carbocycles. The fourth-order valence-corrected chi connectivity index (χ4v) is 3.39. The summed E-state index contributed by atoms with van der Waals surface area (Å²) in [6, 6.07) is 7.24. The Morgan fingerprint density at radius 3 is 2.70 bits per heavy atom. The van der Waals surface area contributed by atoms with Crippen LogP contribution >= 0.6 is 0 Å². The number of likely N-dealkylation sites (tertiary alicyclic amines) is 1. The highest BCUT2D eigenvalue weighted by molar-refractivity contribution is 5.95. The Labute approximate surface area is 136 Å². The van der Waals surface area contributed by atoms with Gasteiger partial charge < -0.3 is 14.7 Å².